The SMILES string of the molecule is c1ccc(-c2nc(-n3c4ccccc4n4c5ccccc5nc34)cc(-n3c4ccc([Si](c5ccccc5)(c5ccccc5)c5ccccc5)cc4n4c5cc([Si](c6ccccc6)(c6ccccc6)c6ccccc6)ccc5nc34)n2)cc1. The molecule has 0 saturated carbocycles. The summed E-state index contributed by atoms with van der Waals surface area (Å²) in [5.41, 5.74) is 8.74. The second kappa shape index (κ2) is 19.1. The molecule has 0 saturated heterocycles. The lowest BCUT2D eigenvalue weighted by molar-refractivity contribution is 0.970. The lowest BCUT2D eigenvalue weighted by atomic mass is 10.2. The highest BCUT2D eigenvalue weighted by atomic mass is 28.3. The van der Waals surface area contributed by atoms with Crippen molar-refractivity contribution in [2.24, 2.45) is 0 Å². The van der Waals surface area contributed by atoms with Crippen molar-refractivity contribution in [3.63, 3.8) is 0 Å². The van der Waals surface area contributed by atoms with Crippen LogP contribution in [0.15, 0.2) is 303 Å². The van der Waals surface area contributed by atoms with E-state index in [9.17, 15) is 0 Å². The number of para-hydroxylation sites is 4. The predicted molar refractivity (Wildman–Crippen MR) is 341 cm³/mol. The van der Waals surface area contributed by atoms with Crippen LogP contribution in [-0.4, -0.2) is 54.0 Å². The molecule has 386 valence electrons. The summed E-state index contributed by atoms with van der Waals surface area (Å²) in [7, 11) is -6.02. The van der Waals surface area contributed by atoms with Gasteiger partial charge in [-0.3, -0.25) is 17.9 Å². The molecule has 10 heteroatoms. The van der Waals surface area contributed by atoms with E-state index in [0.717, 1.165) is 61.3 Å². The summed E-state index contributed by atoms with van der Waals surface area (Å²) in [5, 5.41) is 10.3. The summed E-state index contributed by atoms with van der Waals surface area (Å²) in [6.07, 6.45) is 0. The molecule has 16 aromatic rings. The topological polar surface area (TPSA) is 70.2 Å². The summed E-state index contributed by atoms with van der Waals surface area (Å²) in [5.74, 6) is 3.47. The number of hydrogen-bond donors (Lipinski definition) is 0. The molecule has 0 aliphatic heterocycles. The van der Waals surface area contributed by atoms with Gasteiger partial charge >= 0.3 is 0 Å². The first kappa shape index (κ1) is 47.5. The van der Waals surface area contributed by atoms with Crippen molar-refractivity contribution in [2.75, 3.05) is 0 Å². The number of imidazole rings is 4. The van der Waals surface area contributed by atoms with Gasteiger partial charge in [0.15, 0.2) is 22.0 Å². The molecule has 11 aromatic carbocycles. The van der Waals surface area contributed by atoms with Crippen LogP contribution in [0, 0.1) is 0 Å². The highest BCUT2D eigenvalue weighted by Crippen LogP contribution is 2.34. The van der Waals surface area contributed by atoms with Crippen molar-refractivity contribution >= 4 is 113 Å². The number of rotatable bonds is 11. The standard InChI is InChI=1S/C72H50N8Si2/c1-8-26-51(27-9-1)70-75-68(79-64-43-25-24-42-63(64)77-62-41-23-22-40-60(62)73-71(77)79)50-69(76-70)80-65-47-45-59(82(55-34-16-5-17-35-55,56-36-18-6-19-37-56)57-38-20-7-21-39-57)49-67(65)78-66-48-58(44-46-61(66)74-72(78)80)81(52-28-10-2-11-29-52,53-30-12-3-13-31-53)54-32-14-4-15-33-54/h1-50H. The minimum Gasteiger partial charge on any atom is -0.276 e. The highest BCUT2D eigenvalue weighted by molar-refractivity contribution is 7.20. The average Bonchev–Trinajstić information content (AvgIpc) is 3.95. The smallest absolute Gasteiger partial charge is 0.221 e. The molecule has 0 unspecified atom stereocenters. The van der Waals surface area contributed by atoms with E-state index in [1.165, 1.54) is 41.5 Å². The van der Waals surface area contributed by atoms with Crippen molar-refractivity contribution in [1.82, 2.24) is 37.9 Å². The summed E-state index contributed by atoms with van der Waals surface area (Å²) >= 11 is 0. The molecular formula is C72H50N8Si2. The van der Waals surface area contributed by atoms with Crippen LogP contribution in [0.3, 0.4) is 0 Å². The lowest BCUT2D eigenvalue weighted by Gasteiger charge is -2.34. The number of hydrogen-bond acceptors (Lipinski definition) is 4. The zero-order valence-electron chi connectivity index (χ0n) is 44.4. The van der Waals surface area contributed by atoms with E-state index in [4.69, 9.17) is 19.9 Å². The Morgan fingerprint density at radius 2 is 0.573 bits per heavy atom. The fourth-order valence-electron chi connectivity index (χ4n) is 13.2. The van der Waals surface area contributed by atoms with E-state index in [2.05, 4.69) is 297 Å². The maximum atomic E-state index is 5.73. The van der Waals surface area contributed by atoms with E-state index in [1.807, 2.05) is 24.3 Å². The molecule has 0 aliphatic rings. The third kappa shape index (κ3) is 7.15. The van der Waals surface area contributed by atoms with Gasteiger partial charge in [0.1, 0.15) is 11.6 Å². The molecule has 0 fully saturated rings. The Morgan fingerprint density at radius 1 is 0.232 bits per heavy atom. The van der Waals surface area contributed by atoms with Gasteiger partial charge in [0.05, 0.1) is 44.1 Å². The van der Waals surface area contributed by atoms with Crippen molar-refractivity contribution in [3.05, 3.63) is 303 Å². The molecule has 16 rings (SSSR count). The quantitative estimate of drug-likeness (QED) is 0.0956. The Kier molecular flexibility index (Phi) is 11.1. The molecule has 0 atom stereocenters. The Labute approximate surface area is 474 Å². The van der Waals surface area contributed by atoms with Crippen LogP contribution in [0.25, 0.3) is 78.7 Å². The fourth-order valence-corrected chi connectivity index (χ4v) is 22.7. The van der Waals surface area contributed by atoms with Crippen LogP contribution >= 0.6 is 0 Å². The van der Waals surface area contributed by atoms with E-state index in [1.54, 1.807) is 0 Å². The Balaban J connectivity index is 1.05. The molecule has 0 amide bonds. The van der Waals surface area contributed by atoms with Gasteiger partial charge < -0.3 is 0 Å². The van der Waals surface area contributed by atoms with E-state index in [0.29, 0.717) is 17.5 Å². The largest absolute Gasteiger partial charge is 0.276 e. The zero-order chi connectivity index (χ0) is 54.2. The summed E-state index contributed by atoms with van der Waals surface area (Å²) < 4.78 is 9.09. The maximum Gasteiger partial charge on any atom is 0.221 e. The van der Waals surface area contributed by atoms with Gasteiger partial charge in [-0.1, -0.05) is 249 Å². The summed E-state index contributed by atoms with van der Waals surface area (Å²) in [4.78, 5) is 22.1. The van der Waals surface area contributed by atoms with Crippen molar-refractivity contribution in [1.29, 1.82) is 0 Å². The maximum absolute atomic E-state index is 5.73. The number of benzene rings is 11. The first-order valence-electron chi connectivity index (χ1n) is 27.8. The first-order chi connectivity index (χ1) is 40.7. The van der Waals surface area contributed by atoms with Gasteiger partial charge in [0.25, 0.3) is 0 Å². The Bertz CT molecular complexity index is 4830. The third-order valence-electron chi connectivity index (χ3n) is 16.7. The second-order valence-corrected chi connectivity index (χ2v) is 28.6. The molecule has 0 N–H and O–H groups in total. The average molecular weight is 1080 g/mol. The van der Waals surface area contributed by atoms with E-state index >= 15 is 0 Å². The molecule has 0 aliphatic carbocycles. The van der Waals surface area contributed by atoms with Crippen molar-refractivity contribution in [3.8, 4) is 23.0 Å². The molecular weight excluding hydrogens is 1030 g/mol. The van der Waals surface area contributed by atoms with Crippen LogP contribution in [0.1, 0.15) is 0 Å². The number of nitrogens with zero attached hydrogens (tertiary/aromatic N) is 8. The number of fused-ring (bicyclic) bond motifs is 10. The van der Waals surface area contributed by atoms with Crippen LogP contribution in [0.5, 0.6) is 0 Å². The Morgan fingerprint density at radius 3 is 1.04 bits per heavy atom. The molecule has 5 aromatic heterocycles. The van der Waals surface area contributed by atoms with E-state index < -0.39 is 16.1 Å². The van der Waals surface area contributed by atoms with E-state index in [-0.39, 0.29) is 0 Å². The monoisotopic (exact) mass is 1080 g/mol. The van der Waals surface area contributed by atoms with Gasteiger partial charge in [0, 0.05) is 11.6 Å². The minimum absolute atomic E-state index is 0.586. The molecule has 82 heavy (non-hydrogen) atoms. The Hall–Kier alpha value is -10.5. The van der Waals surface area contributed by atoms with Gasteiger partial charge in [0.2, 0.25) is 11.6 Å². The van der Waals surface area contributed by atoms with Crippen LogP contribution in [0.4, 0.5) is 0 Å². The van der Waals surface area contributed by atoms with Crippen molar-refractivity contribution in [2.45, 2.75) is 0 Å². The molecule has 0 spiro atoms. The van der Waals surface area contributed by atoms with Gasteiger partial charge in [-0.2, -0.15) is 0 Å². The van der Waals surface area contributed by atoms with Gasteiger partial charge in [-0.25, -0.2) is 19.9 Å². The van der Waals surface area contributed by atoms with Crippen LogP contribution in [-0.2, 0) is 0 Å². The second-order valence-electron chi connectivity index (χ2n) is 21.0. The normalized spacial score (nSPS) is 12.1. The third-order valence-corrected chi connectivity index (χ3v) is 26.2. The van der Waals surface area contributed by atoms with Crippen LogP contribution in [0.2, 0.25) is 0 Å². The zero-order valence-corrected chi connectivity index (χ0v) is 46.4. The number of aromatic nitrogens is 8. The predicted octanol–water partition coefficient (Wildman–Crippen LogP) is 10.4. The van der Waals surface area contributed by atoms with Gasteiger partial charge in [-0.15, -0.1) is 0 Å². The summed E-state index contributed by atoms with van der Waals surface area (Å²) in [6.45, 7) is 0. The summed E-state index contributed by atoms with van der Waals surface area (Å²) in [6, 6.07) is 110. The molecule has 0 radical (unpaired) electrons. The van der Waals surface area contributed by atoms with Crippen molar-refractivity contribution < 1.29 is 0 Å². The first-order valence-corrected chi connectivity index (χ1v) is 31.8. The highest BCUT2D eigenvalue weighted by Gasteiger charge is 2.43. The minimum atomic E-state index is -3.03. The van der Waals surface area contributed by atoms with Gasteiger partial charge in [-0.05, 0) is 90.0 Å². The molecule has 0 bridgehead atoms. The molecule has 8 nitrogen and oxygen atoms in total. The van der Waals surface area contributed by atoms with Crippen LogP contribution < -0.4 is 41.5 Å². The lowest BCUT2D eigenvalue weighted by Crippen LogP contribution is -2.74. The molecule has 5 heterocycles. The fraction of sp³-hybridized carbons (Fsp3) is 0.